The third-order valence-electron chi connectivity index (χ3n) is 6.04. The van der Waals surface area contributed by atoms with Crippen LogP contribution in [-0.4, -0.2) is 33.0 Å². The number of carboxylic acid groups (broad SMARTS) is 1. The van der Waals surface area contributed by atoms with E-state index in [9.17, 15) is 14.7 Å². The van der Waals surface area contributed by atoms with Gasteiger partial charge in [-0.3, -0.25) is 4.79 Å². The fraction of sp³-hybridized carbons (Fsp3) is 0.276. The standard InChI is InChI=1S/C29H30N2O5/c1-19(2)27(32)23-13-15-31(18-23)26(29(33)34)17-21-9-11-24(12-10-21)35-16-14-25-20(3)36-28(30-25)22-7-5-4-6-8-22/h4-13,15,18-19,26H,14,16-17H2,1-3H3,(H,33,34). The molecule has 4 aromatic rings. The number of aryl methyl sites for hydroxylation is 1. The average molecular weight is 487 g/mol. The van der Waals surface area contributed by atoms with Gasteiger partial charge < -0.3 is 18.8 Å². The summed E-state index contributed by atoms with van der Waals surface area (Å²) >= 11 is 0. The van der Waals surface area contributed by atoms with E-state index in [1.807, 2.05) is 75.4 Å². The maximum atomic E-state index is 12.2. The van der Waals surface area contributed by atoms with E-state index in [0.717, 1.165) is 22.6 Å². The van der Waals surface area contributed by atoms with E-state index in [1.54, 1.807) is 23.0 Å². The molecule has 0 aliphatic rings. The SMILES string of the molecule is Cc1oc(-c2ccccc2)nc1CCOc1ccc(CC(C(=O)O)n2ccc(C(=O)C(C)C)c2)cc1. The van der Waals surface area contributed by atoms with Gasteiger partial charge in [-0.25, -0.2) is 9.78 Å². The van der Waals surface area contributed by atoms with Crippen molar-refractivity contribution in [3.63, 3.8) is 0 Å². The topological polar surface area (TPSA) is 94.6 Å². The molecule has 0 spiro atoms. The van der Waals surface area contributed by atoms with Gasteiger partial charge in [-0.05, 0) is 42.8 Å². The lowest BCUT2D eigenvalue weighted by Gasteiger charge is -2.15. The Kier molecular flexibility index (Phi) is 7.68. The van der Waals surface area contributed by atoms with Gasteiger partial charge >= 0.3 is 5.97 Å². The van der Waals surface area contributed by atoms with Crippen molar-refractivity contribution in [2.75, 3.05) is 6.61 Å². The summed E-state index contributed by atoms with van der Waals surface area (Å²) in [4.78, 5) is 28.8. The molecule has 0 amide bonds. The number of nitrogens with zero attached hydrogens (tertiary/aromatic N) is 2. The minimum Gasteiger partial charge on any atom is -0.493 e. The molecule has 186 valence electrons. The number of hydrogen-bond donors (Lipinski definition) is 1. The first-order valence-corrected chi connectivity index (χ1v) is 12.0. The Hall–Kier alpha value is -4.13. The van der Waals surface area contributed by atoms with Crippen LogP contribution in [-0.2, 0) is 17.6 Å². The summed E-state index contributed by atoms with van der Waals surface area (Å²) in [5, 5.41) is 9.78. The van der Waals surface area contributed by atoms with E-state index in [0.29, 0.717) is 36.7 Å². The fourth-order valence-electron chi connectivity index (χ4n) is 3.98. The number of aliphatic carboxylic acids is 1. The van der Waals surface area contributed by atoms with Crippen LogP contribution in [0.15, 0.2) is 77.5 Å². The molecule has 0 saturated heterocycles. The smallest absolute Gasteiger partial charge is 0.327 e. The second-order valence-electron chi connectivity index (χ2n) is 9.05. The summed E-state index contributed by atoms with van der Waals surface area (Å²) in [5.74, 6) is 0.972. The second kappa shape index (κ2) is 11.1. The van der Waals surface area contributed by atoms with E-state index in [4.69, 9.17) is 9.15 Å². The van der Waals surface area contributed by atoms with Crippen LogP contribution in [0, 0.1) is 12.8 Å². The molecule has 0 aliphatic carbocycles. The molecule has 0 fully saturated rings. The highest BCUT2D eigenvalue weighted by Crippen LogP contribution is 2.23. The molecule has 1 unspecified atom stereocenters. The number of aromatic nitrogens is 2. The quantitative estimate of drug-likeness (QED) is 0.270. The lowest BCUT2D eigenvalue weighted by atomic mass is 10.0. The molecule has 0 saturated carbocycles. The number of carbonyl (C=O) groups excluding carboxylic acids is 1. The summed E-state index contributed by atoms with van der Waals surface area (Å²) in [6, 6.07) is 18.0. The Morgan fingerprint density at radius 3 is 2.44 bits per heavy atom. The molecule has 2 aromatic carbocycles. The van der Waals surface area contributed by atoms with Crippen molar-refractivity contribution in [2.24, 2.45) is 5.92 Å². The summed E-state index contributed by atoms with van der Waals surface area (Å²) in [7, 11) is 0. The number of ketones is 1. The Morgan fingerprint density at radius 1 is 1.06 bits per heavy atom. The first-order valence-electron chi connectivity index (χ1n) is 12.0. The van der Waals surface area contributed by atoms with Gasteiger partial charge in [0.2, 0.25) is 5.89 Å². The van der Waals surface area contributed by atoms with Gasteiger partial charge in [0.15, 0.2) is 5.78 Å². The normalized spacial score (nSPS) is 12.0. The van der Waals surface area contributed by atoms with Crippen molar-refractivity contribution in [1.82, 2.24) is 9.55 Å². The largest absolute Gasteiger partial charge is 0.493 e. The highest BCUT2D eigenvalue weighted by molar-refractivity contribution is 5.97. The van der Waals surface area contributed by atoms with Gasteiger partial charge in [0.1, 0.15) is 17.6 Å². The lowest BCUT2D eigenvalue weighted by Crippen LogP contribution is -2.20. The molecule has 4 rings (SSSR count). The summed E-state index contributed by atoms with van der Waals surface area (Å²) < 4.78 is 13.3. The predicted molar refractivity (Wildman–Crippen MR) is 136 cm³/mol. The zero-order chi connectivity index (χ0) is 25.7. The van der Waals surface area contributed by atoms with Crippen LogP contribution >= 0.6 is 0 Å². The number of carboxylic acids is 1. The number of benzene rings is 2. The lowest BCUT2D eigenvalue weighted by molar-refractivity contribution is -0.140. The van der Waals surface area contributed by atoms with Crippen molar-refractivity contribution >= 4 is 11.8 Å². The molecule has 2 aromatic heterocycles. The Bertz CT molecular complexity index is 1320. The van der Waals surface area contributed by atoms with E-state index in [-0.39, 0.29) is 11.7 Å². The van der Waals surface area contributed by atoms with Crippen LogP contribution in [0.1, 0.15) is 47.3 Å². The van der Waals surface area contributed by atoms with Crippen LogP contribution in [0.2, 0.25) is 0 Å². The Morgan fingerprint density at radius 2 is 1.78 bits per heavy atom. The van der Waals surface area contributed by atoms with E-state index in [1.165, 1.54) is 0 Å². The summed E-state index contributed by atoms with van der Waals surface area (Å²) in [6.07, 6.45) is 4.17. The van der Waals surface area contributed by atoms with Gasteiger partial charge in [-0.15, -0.1) is 0 Å². The number of carbonyl (C=O) groups is 2. The van der Waals surface area contributed by atoms with Crippen LogP contribution < -0.4 is 4.74 Å². The van der Waals surface area contributed by atoms with E-state index >= 15 is 0 Å². The van der Waals surface area contributed by atoms with Crippen molar-refractivity contribution in [2.45, 2.75) is 39.7 Å². The number of hydrogen-bond acceptors (Lipinski definition) is 5. The third-order valence-corrected chi connectivity index (χ3v) is 6.04. The molecule has 1 N–H and O–H groups in total. The van der Waals surface area contributed by atoms with Crippen molar-refractivity contribution in [3.05, 3.63) is 95.6 Å². The zero-order valence-corrected chi connectivity index (χ0v) is 20.7. The van der Waals surface area contributed by atoms with E-state index < -0.39 is 12.0 Å². The number of Topliss-reactive ketones (excluding diaryl/α,β-unsaturated/α-hetero) is 1. The molecule has 1 atom stereocenters. The molecule has 0 radical (unpaired) electrons. The molecular formula is C29H30N2O5. The molecule has 0 aliphatic heterocycles. The summed E-state index contributed by atoms with van der Waals surface area (Å²) in [6.45, 7) is 5.99. The maximum absolute atomic E-state index is 12.2. The number of oxazole rings is 1. The zero-order valence-electron chi connectivity index (χ0n) is 20.7. The van der Waals surface area contributed by atoms with Gasteiger partial charge in [-0.2, -0.15) is 0 Å². The molecule has 7 heteroatoms. The molecule has 2 heterocycles. The molecule has 36 heavy (non-hydrogen) atoms. The van der Waals surface area contributed by atoms with Crippen LogP contribution in [0.5, 0.6) is 5.75 Å². The van der Waals surface area contributed by atoms with Gasteiger partial charge in [0, 0.05) is 42.3 Å². The van der Waals surface area contributed by atoms with E-state index in [2.05, 4.69) is 4.98 Å². The first-order chi connectivity index (χ1) is 17.3. The van der Waals surface area contributed by atoms with Crippen molar-refractivity contribution in [1.29, 1.82) is 0 Å². The van der Waals surface area contributed by atoms with Gasteiger partial charge in [0.05, 0.1) is 12.3 Å². The molecule has 0 bridgehead atoms. The third kappa shape index (κ3) is 5.92. The van der Waals surface area contributed by atoms with Gasteiger partial charge in [-0.1, -0.05) is 44.2 Å². The van der Waals surface area contributed by atoms with Crippen molar-refractivity contribution < 1.29 is 23.8 Å². The highest BCUT2D eigenvalue weighted by Gasteiger charge is 2.22. The summed E-state index contributed by atoms with van der Waals surface area (Å²) in [5.41, 5.74) is 3.18. The Balaban J connectivity index is 1.34. The monoisotopic (exact) mass is 486 g/mol. The first kappa shape index (κ1) is 25.0. The van der Waals surface area contributed by atoms with Crippen LogP contribution in [0.25, 0.3) is 11.5 Å². The van der Waals surface area contributed by atoms with Crippen LogP contribution in [0.3, 0.4) is 0 Å². The highest BCUT2D eigenvalue weighted by atomic mass is 16.5. The minimum absolute atomic E-state index is 0.00325. The minimum atomic E-state index is -0.952. The van der Waals surface area contributed by atoms with Crippen LogP contribution in [0.4, 0.5) is 0 Å². The second-order valence-corrected chi connectivity index (χ2v) is 9.05. The van der Waals surface area contributed by atoms with Gasteiger partial charge in [0.25, 0.3) is 0 Å². The molecular weight excluding hydrogens is 456 g/mol. The fourth-order valence-corrected chi connectivity index (χ4v) is 3.98. The average Bonchev–Trinajstić information content (AvgIpc) is 3.50. The Labute approximate surface area is 210 Å². The molecule has 7 nitrogen and oxygen atoms in total. The number of rotatable bonds is 11. The maximum Gasteiger partial charge on any atom is 0.327 e. The van der Waals surface area contributed by atoms with Crippen molar-refractivity contribution in [3.8, 4) is 17.2 Å². The predicted octanol–water partition coefficient (Wildman–Crippen LogP) is 5.78. The number of ether oxygens (including phenoxy) is 1.